The summed E-state index contributed by atoms with van der Waals surface area (Å²) in [7, 11) is 0. The SMILES string of the molecule is CC(=O)c1ccc(NC(=O)CSc2nnc(CN)o2)cc1. The second-order valence-electron chi connectivity index (χ2n) is 4.14. The lowest BCUT2D eigenvalue weighted by Crippen LogP contribution is -2.14. The standard InChI is InChI=1S/C13H14N4O3S/c1-8(18)9-2-4-10(5-3-9)15-11(19)7-21-13-17-16-12(6-14)20-13/h2-5H,6-7,14H2,1H3,(H,15,19). The first kappa shape index (κ1) is 15.2. The van der Waals surface area contributed by atoms with Crippen LogP contribution in [0, 0.1) is 0 Å². The van der Waals surface area contributed by atoms with Gasteiger partial charge in [-0.15, -0.1) is 10.2 Å². The van der Waals surface area contributed by atoms with Crippen LogP contribution in [-0.4, -0.2) is 27.6 Å². The molecular weight excluding hydrogens is 292 g/mol. The highest BCUT2D eigenvalue weighted by Crippen LogP contribution is 2.16. The van der Waals surface area contributed by atoms with Gasteiger partial charge in [-0.2, -0.15) is 0 Å². The molecule has 1 heterocycles. The molecule has 8 heteroatoms. The molecule has 1 aromatic heterocycles. The van der Waals surface area contributed by atoms with Gasteiger partial charge in [0.2, 0.25) is 11.8 Å². The number of carbonyl (C=O) groups excluding carboxylic acids is 2. The van der Waals surface area contributed by atoms with Crippen molar-refractivity contribution in [2.24, 2.45) is 5.73 Å². The van der Waals surface area contributed by atoms with Crippen molar-refractivity contribution in [1.82, 2.24) is 10.2 Å². The molecule has 0 radical (unpaired) electrons. The smallest absolute Gasteiger partial charge is 0.277 e. The fourth-order valence-electron chi connectivity index (χ4n) is 1.49. The number of thioether (sulfide) groups is 1. The maximum Gasteiger partial charge on any atom is 0.277 e. The molecule has 1 amide bonds. The Morgan fingerprint density at radius 1 is 1.29 bits per heavy atom. The van der Waals surface area contributed by atoms with Crippen molar-refractivity contribution in [3.63, 3.8) is 0 Å². The Balaban J connectivity index is 1.85. The average Bonchev–Trinajstić information content (AvgIpc) is 2.94. The van der Waals surface area contributed by atoms with Crippen molar-refractivity contribution in [2.45, 2.75) is 18.7 Å². The van der Waals surface area contributed by atoms with E-state index < -0.39 is 0 Å². The zero-order valence-electron chi connectivity index (χ0n) is 11.3. The maximum atomic E-state index is 11.8. The fraction of sp³-hybridized carbons (Fsp3) is 0.231. The Bertz CT molecular complexity index is 639. The summed E-state index contributed by atoms with van der Waals surface area (Å²) in [5.74, 6) is 0.247. The van der Waals surface area contributed by atoms with Gasteiger partial charge >= 0.3 is 0 Å². The minimum atomic E-state index is -0.205. The third-order valence-electron chi connectivity index (χ3n) is 2.52. The molecule has 0 aliphatic heterocycles. The van der Waals surface area contributed by atoms with Crippen molar-refractivity contribution >= 4 is 29.1 Å². The molecule has 2 aromatic rings. The van der Waals surface area contributed by atoms with Crippen molar-refractivity contribution in [1.29, 1.82) is 0 Å². The van der Waals surface area contributed by atoms with Crippen LogP contribution in [0.5, 0.6) is 0 Å². The molecular formula is C13H14N4O3S. The minimum absolute atomic E-state index is 0.0180. The third-order valence-corrected chi connectivity index (χ3v) is 3.34. The molecule has 0 fully saturated rings. The number of carbonyl (C=O) groups is 2. The van der Waals surface area contributed by atoms with Crippen LogP contribution in [0.25, 0.3) is 0 Å². The summed E-state index contributed by atoms with van der Waals surface area (Å²) in [5.41, 5.74) is 6.57. The van der Waals surface area contributed by atoms with Crippen LogP contribution in [0.3, 0.4) is 0 Å². The number of nitrogens with zero attached hydrogens (tertiary/aromatic N) is 2. The summed E-state index contributed by atoms with van der Waals surface area (Å²) in [6.45, 7) is 1.66. The van der Waals surface area contributed by atoms with Gasteiger partial charge in [-0.25, -0.2) is 0 Å². The topological polar surface area (TPSA) is 111 Å². The first-order valence-corrected chi connectivity index (χ1v) is 7.13. The van der Waals surface area contributed by atoms with E-state index in [1.807, 2.05) is 0 Å². The Hall–Kier alpha value is -2.19. The Morgan fingerprint density at radius 3 is 2.57 bits per heavy atom. The van der Waals surface area contributed by atoms with Gasteiger partial charge < -0.3 is 15.5 Å². The number of benzene rings is 1. The van der Waals surface area contributed by atoms with E-state index in [0.29, 0.717) is 22.4 Å². The van der Waals surface area contributed by atoms with Crippen LogP contribution in [0.4, 0.5) is 5.69 Å². The van der Waals surface area contributed by atoms with Crippen LogP contribution in [0.15, 0.2) is 33.9 Å². The van der Waals surface area contributed by atoms with Gasteiger partial charge in [0.05, 0.1) is 12.3 Å². The van der Waals surface area contributed by atoms with Gasteiger partial charge in [-0.1, -0.05) is 11.8 Å². The summed E-state index contributed by atoms with van der Waals surface area (Å²) in [5, 5.41) is 10.5. The number of hydrogen-bond acceptors (Lipinski definition) is 7. The number of nitrogens with one attached hydrogen (secondary N) is 1. The molecule has 2 rings (SSSR count). The summed E-state index contributed by atoms with van der Waals surface area (Å²) < 4.78 is 5.17. The molecule has 3 N–H and O–H groups in total. The van der Waals surface area contributed by atoms with E-state index in [9.17, 15) is 9.59 Å². The lowest BCUT2D eigenvalue weighted by Gasteiger charge is -2.04. The maximum absolute atomic E-state index is 11.8. The van der Waals surface area contributed by atoms with Crippen molar-refractivity contribution < 1.29 is 14.0 Å². The molecule has 21 heavy (non-hydrogen) atoms. The van der Waals surface area contributed by atoms with Crippen LogP contribution in [0.1, 0.15) is 23.2 Å². The first-order chi connectivity index (χ1) is 10.1. The number of ketones is 1. The molecule has 7 nitrogen and oxygen atoms in total. The van der Waals surface area contributed by atoms with Gasteiger partial charge in [-0.3, -0.25) is 9.59 Å². The van der Waals surface area contributed by atoms with Gasteiger partial charge in [0, 0.05) is 11.3 Å². The summed E-state index contributed by atoms with van der Waals surface area (Å²) in [4.78, 5) is 22.9. The van der Waals surface area contributed by atoms with E-state index in [2.05, 4.69) is 15.5 Å². The van der Waals surface area contributed by atoms with Gasteiger partial charge in [0.15, 0.2) is 5.78 Å². The highest BCUT2D eigenvalue weighted by atomic mass is 32.2. The molecule has 0 aliphatic rings. The van der Waals surface area contributed by atoms with Gasteiger partial charge in [0.1, 0.15) is 0 Å². The van der Waals surface area contributed by atoms with E-state index in [4.69, 9.17) is 10.2 Å². The molecule has 0 bridgehead atoms. The first-order valence-electron chi connectivity index (χ1n) is 6.14. The highest BCUT2D eigenvalue weighted by Gasteiger charge is 2.09. The molecule has 1 aromatic carbocycles. The van der Waals surface area contributed by atoms with E-state index >= 15 is 0 Å². The Labute approximate surface area is 125 Å². The molecule has 0 saturated carbocycles. The van der Waals surface area contributed by atoms with Crippen molar-refractivity contribution in [3.8, 4) is 0 Å². The van der Waals surface area contributed by atoms with Crippen molar-refractivity contribution in [3.05, 3.63) is 35.7 Å². The number of aromatic nitrogens is 2. The molecule has 110 valence electrons. The molecule has 0 atom stereocenters. The lowest BCUT2D eigenvalue weighted by molar-refractivity contribution is -0.113. The Morgan fingerprint density at radius 2 is 2.00 bits per heavy atom. The minimum Gasteiger partial charge on any atom is -0.415 e. The fourth-order valence-corrected chi connectivity index (χ4v) is 2.07. The third kappa shape index (κ3) is 4.40. The lowest BCUT2D eigenvalue weighted by atomic mass is 10.1. The zero-order valence-corrected chi connectivity index (χ0v) is 12.1. The number of amides is 1. The predicted octanol–water partition coefficient (Wildman–Crippen LogP) is 1.46. The van der Waals surface area contributed by atoms with Crippen LogP contribution in [-0.2, 0) is 11.3 Å². The van der Waals surface area contributed by atoms with E-state index in [1.54, 1.807) is 24.3 Å². The molecule has 0 spiro atoms. The molecule has 0 unspecified atom stereocenters. The van der Waals surface area contributed by atoms with Gasteiger partial charge in [-0.05, 0) is 31.2 Å². The van der Waals surface area contributed by atoms with E-state index in [0.717, 1.165) is 11.8 Å². The summed E-state index contributed by atoms with van der Waals surface area (Å²) >= 11 is 1.13. The summed E-state index contributed by atoms with van der Waals surface area (Å²) in [6, 6.07) is 6.68. The number of anilines is 1. The largest absolute Gasteiger partial charge is 0.415 e. The predicted molar refractivity (Wildman–Crippen MR) is 78.0 cm³/mol. The quantitative estimate of drug-likeness (QED) is 0.614. The van der Waals surface area contributed by atoms with Crippen LogP contribution >= 0.6 is 11.8 Å². The number of nitrogens with two attached hydrogens (primary N) is 1. The second-order valence-corrected chi connectivity index (χ2v) is 5.06. The zero-order chi connectivity index (χ0) is 15.2. The Kier molecular flexibility index (Phi) is 5.07. The number of Topliss-reactive ketones (excluding diaryl/α,β-unsaturated/α-hetero) is 1. The second kappa shape index (κ2) is 7.00. The van der Waals surface area contributed by atoms with Crippen LogP contribution in [0.2, 0.25) is 0 Å². The summed E-state index contributed by atoms with van der Waals surface area (Å²) in [6.07, 6.45) is 0. The highest BCUT2D eigenvalue weighted by molar-refractivity contribution is 7.99. The van der Waals surface area contributed by atoms with E-state index in [1.165, 1.54) is 6.92 Å². The average molecular weight is 306 g/mol. The van der Waals surface area contributed by atoms with E-state index in [-0.39, 0.29) is 24.0 Å². The van der Waals surface area contributed by atoms with Crippen molar-refractivity contribution in [2.75, 3.05) is 11.1 Å². The normalized spacial score (nSPS) is 10.4. The monoisotopic (exact) mass is 306 g/mol. The van der Waals surface area contributed by atoms with Crippen LogP contribution < -0.4 is 11.1 Å². The van der Waals surface area contributed by atoms with Gasteiger partial charge in [0.25, 0.3) is 5.22 Å². The number of hydrogen-bond donors (Lipinski definition) is 2. The number of rotatable bonds is 6. The molecule has 0 saturated heterocycles. The molecule has 0 aliphatic carbocycles.